The second-order valence-corrected chi connectivity index (χ2v) is 7.72. The summed E-state index contributed by atoms with van der Waals surface area (Å²) in [6, 6.07) is 5.55. The van der Waals surface area contributed by atoms with Crippen molar-refractivity contribution in [3.05, 3.63) is 63.4 Å². The molecular weight excluding hydrogens is 410 g/mol. The molecule has 0 fully saturated rings. The van der Waals surface area contributed by atoms with Crippen molar-refractivity contribution in [1.82, 2.24) is 0 Å². The van der Waals surface area contributed by atoms with Crippen LogP contribution in [-0.4, -0.2) is 24.6 Å². The Hall–Kier alpha value is -2.23. The molecule has 0 bridgehead atoms. The lowest BCUT2D eigenvalue weighted by molar-refractivity contribution is -0.384. The molecule has 11 heteroatoms. The minimum absolute atomic E-state index is 0.147. The van der Waals surface area contributed by atoms with Crippen LogP contribution in [-0.2, 0) is 14.8 Å². The Morgan fingerprint density at radius 1 is 1.23 bits per heavy atom. The number of carbonyl (C=O) groups excluding carboxylic acids is 1. The molecule has 0 aromatic heterocycles. The molecule has 0 saturated carbocycles. The lowest BCUT2D eigenvalue weighted by Crippen LogP contribution is -2.42. The Bertz CT molecular complexity index is 967. The number of anilines is 1. The molecular formula is C15H11Cl2FN2O5S. The third-order valence-electron chi connectivity index (χ3n) is 3.43. The van der Waals surface area contributed by atoms with Crippen molar-refractivity contribution in [1.29, 1.82) is 0 Å². The predicted octanol–water partition coefficient (Wildman–Crippen LogP) is 3.74. The monoisotopic (exact) mass is 420 g/mol. The predicted molar refractivity (Wildman–Crippen MR) is 94.5 cm³/mol. The molecule has 0 spiro atoms. The molecule has 2 aromatic rings. The molecule has 7 nitrogen and oxygen atoms in total. The molecule has 0 heterocycles. The number of non-ortho nitro benzene ring substituents is 1. The summed E-state index contributed by atoms with van der Waals surface area (Å²) in [5, 5.41) is 9.83. The zero-order valence-corrected chi connectivity index (χ0v) is 15.4. The summed E-state index contributed by atoms with van der Waals surface area (Å²) in [4.78, 5) is 21.6. The van der Waals surface area contributed by atoms with Gasteiger partial charge in [0.1, 0.15) is 11.9 Å². The Kier molecular flexibility index (Phi) is 5.84. The number of carbonyl (C=O) groups is 1. The molecule has 0 aliphatic carbocycles. The van der Waals surface area contributed by atoms with Gasteiger partial charge in [0, 0.05) is 12.1 Å². The second-order valence-electron chi connectivity index (χ2n) is 5.13. The summed E-state index contributed by atoms with van der Waals surface area (Å²) in [6.45, 7) is 1.20. The quantitative estimate of drug-likeness (QED) is 0.402. The SMILES string of the molecule is CC(C(=O)Cl)N(c1cc([N+](=O)[O-])ccc1Cl)S(=O)(=O)c1ccc(F)cc1. The number of nitro groups is 1. The highest BCUT2D eigenvalue weighted by atomic mass is 35.5. The molecule has 0 aliphatic heterocycles. The van der Waals surface area contributed by atoms with Gasteiger partial charge < -0.3 is 0 Å². The van der Waals surface area contributed by atoms with Crippen LogP contribution in [0.15, 0.2) is 47.4 Å². The minimum Gasteiger partial charge on any atom is -0.279 e. The van der Waals surface area contributed by atoms with E-state index in [4.69, 9.17) is 23.2 Å². The second kappa shape index (κ2) is 7.56. The van der Waals surface area contributed by atoms with Crippen LogP contribution >= 0.6 is 23.2 Å². The standard InChI is InChI=1S/C15H11Cl2FN2O5S/c1-9(15(17)21)19(14-8-11(20(22)23)4-7-13(14)16)26(24,25)12-5-2-10(18)3-6-12/h2-9H,1H3. The first-order valence-corrected chi connectivity index (χ1v) is 9.18. The lowest BCUT2D eigenvalue weighted by atomic mass is 10.2. The molecule has 0 saturated heterocycles. The fraction of sp³-hybridized carbons (Fsp3) is 0.133. The minimum atomic E-state index is -4.43. The first kappa shape index (κ1) is 20.1. The van der Waals surface area contributed by atoms with E-state index in [1.165, 1.54) is 6.92 Å². The fourth-order valence-electron chi connectivity index (χ4n) is 2.14. The lowest BCUT2D eigenvalue weighted by Gasteiger charge is -2.28. The number of nitrogens with zero attached hydrogens (tertiary/aromatic N) is 2. The van der Waals surface area contributed by atoms with Crippen molar-refractivity contribution in [2.24, 2.45) is 0 Å². The largest absolute Gasteiger partial charge is 0.279 e. The van der Waals surface area contributed by atoms with Gasteiger partial charge in [0.05, 0.1) is 20.5 Å². The molecule has 1 unspecified atom stereocenters. The maximum Gasteiger partial charge on any atom is 0.271 e. The normalized spacial score (nSPS) is 12.5. The van der Waals surface area contributed by atoms with Crippen LogP contribution in [0.3, 0.4) is 0 Å². The highest BCUT2D eigenvalue weighted by Crippen LogP contribution is 2.35. The number of halogens is 3. The maximum absolute atomic E-state index is 13.1. The average molecular weight is 421 g/mol. The summed E-state index contributed by atoms with van der Waals surface area (Å²) < 4.78 is 39.7. The Balaban J connectivity index is 2.72. The van der Waals surface area contributed by atoms with Crippen LogP contribution in [0.5, 0.6) is 0 Å². The topological polar surface area (TPSA) is 97.6 Å². The number of rotatable bonds is 6. The number of nitro benzene ring substituents is 1. The van der Waals surface area contributed by atoms with Gasteiger partial charge in [-0.3, -0.25) is 19.2 Å². The Morgan fingerprint density at radius 3 is 2.31 bits per heavy atom. The molecule has 1 atom stereocenters. The van der Waals surface area contributed by atoms with Crippen LogP contribution in [0, 0.1) is 15.9 Å². The number of hydrogen-bond acceptors (Lipinski definition) is 5. The molecule has 0 aliphatic rings. The molecule has 138 valence electrons. The van der Waals surface area contributed by atoms with E-state index in [1.54, 1.807) is 0 Å². The van der Waals surface area contributed by atoms with Crippen molar-refractivity contribution >= 4 is 49.8 Å². The summed E-state index contributed by atoms with van der Waals surface area (Å²) in [7, 11) is -4.43. The molecule has 2 aromatic carbocycles. The number of sulfonamides is 1. The third-order valence-corrected chi connectivity index (χ3v) is 5.96. The first-order chi connectivity index (χ1) is 12.1. The van der Waals surface area contributed by atoms with Gasteiger partial charge in [-0.15, -0.1) is 0 Å². The van der Waals surface area contributed by atoms with Gasteiger partial charge >= 0.3 is 0 Å². The van der Waals surface area contributed by atoms with Gasteiger partial charge in [-0.25, -0.2) is 12.8 Å². The van der Waals surface area contributed by atoms with Gasteiger partial charge in [-0.2, -0.15) is 0 Å². The van der Waals surface area contributed by atoms with Crippen molar-refractivity contribution in [2.45, 2.75) is 17.9 Å². The number of hydrogen-bond donors (Lipinski definition) is 0. The van der Waals surface area contributed by atoms with E-state index < -0.39 is 37.7 Å². The van der Waals surface area contributed by atoms with E-state index in [1.807, 2.05) is 0 Å². The fourth-order valence-corrected chi connectivity index (χ4v) is 4.19. The van der Waals surface area contributed by atoms with E-state index in [0.717, 1.165) is 42.5 Å². The smallest absolute Gasteiger partial charge is 0.271 e. The first-order valence-electron chi connectivity index (χ1n) is 6.99. The van der Waals surface area contributed by atoms with Gasteiger partial charge in [0.15, 0.2) is 0 Å². The maximum atomic E-state index is 13.1. The molecule has 0 amide bonds. The van der Waals surface area contributed by atoms with Crippen LogP contribution in [0.25, 0.3) is 0 Å². The molecule has 0 radical (unpaired) electrons. The zero-order valence-electron chi connectivity index (χ0n) is 13.1. The van der Waals surface area contributed by atoms with Crippen molar-refractivity contribution in [3.8, 4) is 0 Å². The van der Waals surface area contributed by atoms with Gasteiger partial charge in [0.25, 0.3) is 15.7 Å². The highest BCUT2D eigenvalue weighted by Gasteiger charge is 2.35. The van der Waals surface area contributed by atoms with E-state index in [-0.39, 0.29) is 15.6 Å². The van der Waals surface area contributed by atoms with Gasteiger partial charge in [-0.1, -0.05) is 11.6 Å². The van der Waals surface area contributed by atoms with E-state index >= 15 is 0 Å². The van der Waals surface area contributed by atoms with E-state index in [0.29, 0.717) is 4.31 Å². The van der Waals surface area contributed by atoms with E-state index in [9.17, 15) is 27.7 Å². The van der Waals surface area contributed by atoms with Crippen molar-refractivity contribution in [3.63, 3.8) is 0 Å². The van der Waals surface area contributed by atoms with Crippen molar-refractivity contribution in [2.75, 3.05) is 4.31 Å². The Labute approximate surface area is 158 Å². The highest BCUT2D eigenvalue weighted by molar-refractivity contribution is 7.93. The van der Waals surface area contributed by atoms with Crippen molar-refractivity contribution < 1.29 is 22.5 Å². The van der Waals surface area contributed by atoms with Crippen LogP contribution in [0.2, 0.25) is 5.02 Å². The van der Waals surface area contributed by atoms with Crippen LogP contribution in [0.1, 0.15) is 6.92 Å². The summed E-state index contributed by atoms with van der Waals surface area (Å²) >= 11 is 11.5. The zero-order chi connectivity index (χ0) is 19.6. The van der Waals surface area contributed by atoms with E-state index in [2.05, 4.69) is 0 Å². The van der Waals surface area contributed by atoms with Crippen LogP contribution in [0.4, 0.5) is 15.8 Å². The summed E-state index contributed by atoms with van der Waals surface area (Å²) in [5.74, 6) is -0.662. The molecule has 0 N–H and O–H groups in total. The Morgan fingerprint density at radius 2 is 1.81 bits per heavy atom. The average Bonchev–Trinajstić information content (AvgIpc) is 2.56. The number of benzene rings is 2. The molecule has 26 heavy (non-hydrogen) atoms. The van der Waals surface area contributed by atoms with Gasteiger partial charge in [0.2, 0.25) is 5.24 Å². The summed E-state index contributed by atoms with van der Waals surface area (Å²) in [5.41, 5.74) is -0.732. The molecule has 2 rings (SSSR count). The third kappa shape index (κ3) is 3.95. The summed E-state index contributed by atoms with van der Waals surface area (Å²) in [6.07, 6.45) is 0. The van der Waals surface area contributed by atoms with Gasteiger partial charge in [-0.05, 0) is 48.9 Å². The van der Waals surface area contributed by atoms with Crippen LogP contribution < -0.4 is 4.31 Å².